The molecule has 1 amide bonds. The zero-order chi connectivity index (χ0) is 24.7. The Morgan fingerprint density at radius 1 is 1.06 bits per heavy atom. The molecule has 0 spiro atoms. The average molecular weight is 473 g/mol. The number of carbonyl (C=O) groups excluding carboxylic acids is 1. The number of nitrogens with zero attached hydrogens (tertiary/aromatic N) is 6. The average Bonchev–Trinajstić information content (AvgIpc) is 3.46. The number of piperazine rings is 1. The van der Waals surface area contributed by atoms with E-state index in [2.05, 4.69) is 65.0 Å². The molecule has 4 heterocycles. The highest BCUT2D eigenvalue weighted by atomic mass is 16.3. The molecule has 1 aromatic carbocycles. The van der Waals surface area contributed by atoms with Crippen LogP contribution in [-0.4, -0.2) is 56.6 Å². The van der Waals surface area contributed by atoms with Gasteiger partial charge in [0.25, 0.3) is 11.7 Å². The number of benzene rings is 1. The lowest BCUT2D eigenvalue weighted by atomic mass is 9.93. The highest BCUT2D eigenvalue weighted by Gasteiger charge is 2.30. The predicted molar refractivity (Wildman–Crippen MR) is 135 cm³/mol. The second-order valence-corrected chi connectivity index (χ2v) is 10.2. The van der Waals surface area contributed by atoms with Crippen molar-refractivity contribution in [1.82, 2.24) is 24.5 Å². The minimum atomic E-state index is -0.139. The number of amides is 1. The van der Waals surface area contributed by atoms with Gasteiger partial charge in [0.2, 0.25) is 0 Å². The van der Waals surface area contributed by atoms with Crippen LogP contribution < -0.4 is 4.90 Å². The molecule has 0 atom stereocenters. The molecule has 0 unspecified atom stereocenters. The number of aromatic nitrogens is 4. The van der Waals surface area contributed by atoms with Gasteiger partial charge < -0.3 is 14.2 Å². The van der Waals surface area contributed by atoms with Crippen molar-refractivity contribution < 1.29 is 9.21 Å². The molecule has 5 rings (SSSR count). The molecule has 0 bridgehead atoms. The number of anilines is 1. The third kappa shape index (κ3) is 4.40. The van der Waals surface area contributed by atoms with Gasteiger partial charge in [0.1, 0.15) is 23.7 Å². The summed E-state index contributed by atoms with van der Waals surface area (Å²) in [6, 6.07) is 12.3. The molecule has 0 aliphatic carbocycles. The fourth-order valence-electron chi connectivity index (χ4n) is 4.66. The molecule has 4 aromatic rings. The van der Waals surface area contributed by atoms with Gasteiger partial charge in [-0.1, -0.05) is 51.1 Å². The largest absolute Gasteiger partial charge is 0.465 e. The van der Waals surface area contributed by atoms with Crippen LogP contribution in [0.3, 0.4) is 0 Å². The number of hydrogen-bond donors (Lipinski definition) is 0. The third-order valence-electron chi connectivity index (χ3n) is 6.68. The van der Waals surface area contributed by atoms with E-state index in [0.29, 0.717) is 43.3 Å². The first-order chi connectivity index (χ1) is 16.7. The Balaban J connectivity index is 1.40. The Kier molecular flexibility index (Phi) is 5.83. The van der Waals surface area contributed by atoms with Crippen LogP contribution in [0.15, 0.2) is 47.1 Å². The fraction of sp³-hybridized carbons (Fsp3) is 0.407. The van der Waals surface area contributed by atoms with Crippen LogP contribution in [0, 0.1) is 13.8 Å². The summed E-state index contributed by atoms with van der Waals surface area (Å²) in [5.74, 6) is 3.15. The molecule has 0 N–H and O–H groups in total. The molecule has 1 aliphatic rings. The van der Waals surface area contributed by atoms with Crippen molar-refractivity contribution >= 4 is 17.5 Å². The summed E-state index contributed by atoms with van der Waals surface area (Å²) in [5, 5.41) is 4.48. The zero-order valence-electron chi connectivity index (χ0n) is 21.1. The number of carbonyl (C=O) groups is 1. The van der Waals surface area contributed by atoms with Gasteiger partial charge in [0.15, 0.2) is 0 Å². The van der Waals surface area contributed by atoms with Crippen LogP contribution in [0.5, 0.6) is 0 Å². The summed E-state index contributed by atoms with van der Waals surface area (Å²) < 4.78 is 7.75. The van der Waals surface area contributed by atoms with E-state index in [9.17, 15) is 4.79 Å². The van der Waals surface area contributed by atoms with Crippen molar-refractivity contribution in [3.8, 4) is 0 Å². The molecule has 8 nitrogen and oxygen atoms in total. The SMILES string of the molecule is Cc1nc2ncnn2c(N2CCN(C(=O)c3cc(C(C)(C)C)oc3C)CC2)c1Cc1ccccc1. The van der Waals surface area contributed by atoms with Crippen molar-refractivity contribution in [1.29, 1.82) is 0 Å². The quantitative estimate of drug-likeness (QED) is 0.443. The first-order valence-electron chi connectivity index (χ1n) is 12.1. The molecule has 35 heavy (non-hydrogen) atoms. The molecular weight excluding hydrogens is 440 g/mol. The first-order valence-corrected chi connectivity index (χ1v) is 12.1. The molecule has 0 radical (unpaired) electrons. The van der Waals surface area contributed by atoms with E-state index in [1.807, 2.05) is 35.4 Å². The molecule has 1 fully saturated rings. The van der Waals surface area contributed by atoms with E-state index >= 15 is 0 Å². The summed E-state index contributed by atoms with van der Waals surface area (Å²) in [5.41, 5.74) is 3.82. The summed E-state index contributed by atoms with van der Waals surface area (Å²) >= 11 is 0. The van der Waals surface area contributed by atoms with Crippen molar-refractivity contribution in [2.24, 2.45) is 0 Å². The zero-order valence-corrected chi connectivity index (χ0v) is 21.1. The number of rotatable bonds is 4. The molecule has 8 heteroatoms. The summed E-state index contributed by atoms with van der Waals surface area (Å²) in [7, 11) is 0. The molecular formula is C27H32N6O2. The molecule has 1 saturated heterocycles. The van der Waals surface area contributed by atoms with Crippen molar-refractivity contribution in [2.45, 2.75) is 46.5 Å². The van der Waals surface area contributed by atoms with Gasteiger partial charge in [-0.15, -0.1) is 0 Å². The molecule has 0 saturated carbocycles. The minimum Gasteiger partial charge on any atom is -0.465 e. The minimum absolute atomic E-state index is 0.0303. The second-order valence-electron chi connectivity index (χ2n) is 10.2. The number of furan rings is 1. The number of hydrogen-bond acceptors (Lipinski definition) is 6. The summed E-state index contributed by atoms with van der Waals surface area (Å²) in [6.45, 7) is 12.8. The van der Waals surface area contributed by atoms with Crippen LogP contribution >= 0.6 is 0 Å². The second kappa shape index (κ2) is 8.83. The van der Waals surface area contributed by atoms with E-state index < -0.39 is 0 Å². The smallest absolute Gasteiger partial charge is 0.257 e. The molecule has 1 aliphatic heterocycles. The van der Waals surface area contributed by atoms with E-state index in [1.54, 1.807) is 6.33 Å². The lowest BCUT2D eigenvalue weighted by molar-refractivity contribution is 0.0744. The monoisotopic (exact) mass is 472 g/mol. The van der Waals surface area contributed by atoms with Crippen molar-refractivity contribution in [2.75, 3.05) is 31.1 Å². The highest BCUT2D eigenvalue weighted by Crippen LogP contribution is 2.30. The van der Waals surface area contributed by atoms with Crippen molar-refractivity contribution in [3.05, 3.63) is 76.6 Å². The Morgan fingerprint density at radius 2 is 1.77 bits per heavy atom. The van der Waals surface area contributed by atoms with E-state index in [4.69, 9.17) is 4.42 Å². The number of aryl methyl sites for hydroxylation is 2. The van der Waals surface area contributed by atoms with Crippen LogP contribution in [0.25, 0.3) is 5.78 Å². The maximum Gasteiger partial charge on any atom is 0.257 e. The van der Waals surface area contributed by atoms with E-state index in [1.165, 1.54) is 5.56 Å². The van der Waals surface area contributed by atoms with E-state index in [-0.39, 0.29) is 11.3 Å². The van der Waals surface area contributed by atoms with Gasteiger partial charge in [0, 0.05) is 49.3 Å². The maximum atomic E-state index is 13.3. The van der Waals surface area contributed by atoms with Crippen molar-refractivity contribution in [3.63, 3.8) is 0 Å². The first kappa shape index (κ1) is 23.1. The lowest BCUT2D eigenvalue weighted by Gasteiger charge is -2.37. The van der Waals surface area contributed by atoms with Crippen LogP contribution in [0.4, 0.5) is 5.82 Å². The predicted octanol–water partition coefficient (Wildman–Crippen LogP) is 4.18. The van der Waals surface area contributed by atoms with Gasteiger partial charge in [-0.2, -0.15) is 14.6 Å². The van der Waals surface area contributed by atoms with Crippen LogP contribution in [0.2, 0.25) is 0 Å². The standard InChI is InChI=1S/C27H32N6O2/c1-18-21(15-20-9-7-6-8-10-20)24(33-26(30-18)28-17-29-33)31-11-13-32(14-12-31)25(34)22-16-23(27(3,4)5)35-19(22)2/h6-10,16-17H,11-15H2,1-5H3. The molecule has 3 aromatic heterocycles. The van der Waals surface area contributed by atoms with Crippen LogP contribution in [0.1, 0.15) is 59.5 Å². The third-order valence-corrected chi connectivity index (χ3v) is 6.68. The van der Waals surface area contributed by atoms with Gasteiger partial charge in [0.05, 0.1) is 5.56 Å². The Labute approximate surface area is 205 Å². The van der Waals surface area contributed by atoms with Crippen LogP contribution in [-0.2, 0) is 11.8 Å². The van der Waals surface area contributed by atoms with Gasteiger partial charge in [-0.05, 0) is 25.5 Å². The Morgan fingerprint density at radius 3 is 2.43 bits per heavy atom. The topological polar surface area (TPSA) is 79.8 Å². The van der Waals surface area contributed by atoms with E-state index in [0.717, 1.165) is 29.3 Å². The normalized spacial score (nSPS) is 14.7. The summed E-state index contributed by atoms with van der Waals surface area (Å²) in [4.78, 5) is 26.6. The van der Waals surface area contributed by atoms with Gasteiger partial charge >= 0.3 is 0 Å². The highest BCUT2D eigenvalue weighted by molar-refractivity contribution is 5.95. The number of fused-ring (bicyclic) bond motifs is 1. The van der Waals surface area contributed by atoms with Gasteiger partial charge in [-0.3, -0.25) is 4.79 Å². The molecule has 182 valence electrons. The Hall–Kier alpha value is -3.68. The maximum absolute atomic E-state index is 13.3. The Bertz CT molecular complexity index is 1360. The lowest BCUT2D eigenvalue weighted by Crippen LogP contribution is -2.49. The summed E-state index contributed by atoms with van der Waals surface area (Å²) in [6.07, 6.45) is 2.31. The fourth-order valence-corrected chi connectivity index (χ4v) is 4.66. The van der Waals surface area contributed by atoms with Gasteiger partial charge in [-0.25, -0.2) is 4.98 Å².